The van der Waals surface area contributed by atoms with Gasteiger partial charge >= 0.3 is 6.85 Å². The molecule has 0 spiro atoms. The molecule has 344 valence electrons. The zero-order chi connectivity index (χ0) is 48.4. The van der Waals surface area contributed by atoms with Crippen molar-refractivity contribution in [3.8, 4) is 11.1 Å². The zero-order valence-electron chi connectivity index (χ0n) is 41.2. The summed E-state index contributed by atoms with van der Waals surface area (Å²) < 4.78 is 16.8. The fourth-order valence-corrected chi connectivity index (χ4v) is 12.3. The predicted octanol–water partition coefficient (Wildman–Crippen LogP) is 17.2. The molecule has 15 rings (SSSR count). The maximum Gasteiger partial charge on any atom is 0.333 e. The quantitative estimate of drug-likeness (QED) is 0.165. The van der Waals surface area contributed by atoms with Crippen LogP contribution in [0.15, 0.2) is 203 Å². The number of furan rings is 2. The fraction of sp³-hybridized carbons (Fsp3) is 0.121. The molecule has 0 aliphatic carbocycles. The van der Waals surface area contributed by atoms with Gasteiger partial charge in [-0.2, -0.15) is 0 Å². The van der Waals surface area contributed by atoms with Crippen LogP contribution in [0, 0.1) is 0 Å². The minimum absolute atomic E-state index is 0.0134. The lowest BCUT2D eigenvalue weighted by Crippen LogP contribution is -2.56. The Labute approximate surface area is 418 Å². The first-order chi connectivity index (χ1) is 35.0. The number of aromatic nitrogens is 1. The van der Waals surface area contributed by atoms with E-state index >= 15 is 0 Å². The van der Waals surface area contributed by atoms with Crippen LogP contribution in [0.3, 0.4) is 0 Å². The van der Waals surface area contributed by atoms with Crippen molar-refractivity contribution in [2.45, 2.75) is 52.4 Å². The second-order valence-electron chi connectivity index (χ2n) is 22.1. The van der Waals surface area contributed by atoms with Gasteiger partial charge in [0.25, 0.3) is 0 Å². The number of anilines is 6. The van der Waals surface area contributed by atoms with E-state index in [4.69, 9.17) is 8.83 Å². The van der Waals surface area contributed by atoms with E-state index in [1.165, 1.54) is 65.8 Å². The van der Waals surface area contributed by atoms with Crippen LogP contribution in [-0.2, 0) is 10.8 Å². The summed E-state index contributed by atoms with van der Waals surface area (Å²) in [6.45, 7) is 13.5. The lowest BCUT2D eigenvalue weighted by Gasteiger charge is -2.41. The van der Waals surface area contributed by atoms with E-state index in [1.54, 1.807) is 0 Å². The minimum atomic E-state index is -0.238. The molecule has 0 bridgehead atoms. The van der Waals surface area contributed by atoms with Crippen molar-refractivity contribution in [1.82, 2.24) is 4.48 Å². The molecular weight excluding hydrogens is 878 g/mol. The van der Waals surface area contributed by atoms with Gasteiger partial charge in [-0.05, 0) is 128 Å². The van der Waals surface area contributed by atoms with E-state index in [2.05, 4.69) is 250 Å². The molecule has 2 aliphatic rings. The molecule has 5 heterocycles. The molecule has 0 N–H and O–H groups in total. The number of rotatable bonds is 4. The van der Waals surface area contributed by atoms with Crippen LogP contribution in [0.1, 0.15) is 52.7 Å². The Morgan fingerprint density at radius 1 is 0.431 bits per heavy atom. The molecule has 0 unspecified atom stereocenters. The number of benzene rings is 10. The number of fused-ring (bicyclic) bond motifs is 15. The normalized spacial score (nSPS) is 13.4. The largest absolute Gasteiger partial charge is 0.454 e. The standard InChI is InChI=1S/C66H50BN3O2/c1-65(2,3)41-25-29-43(30-26-41)68(44-31-27-42(28-32-44)66(4,5)6)45-33-34-55-54(37-45)67-60-52(49-20-13-19-48-51-35-39-15-7-8-16-40(39)36-57(51)70(67)61(48)49)38-53-47-18-10-12-24-59(47)72-64(53)62(60)69(55)56-22-14-21-50-46-17-9-11-23-58(46)71-63(50)56/h7-38H,1-6H3. The highest BCUT2D eigenvalue weighted by molar-refractivity contribution is 6.90. The third-order valence-corrected chi connectivity index (χ3v) is 15.8. The summed E-state index contributed by atoms with van der Waals surface area (Å²) >= 11 is 0. The van der Waals surface area contributed by atoms with Gasteiger partial charge in [-0.3, -0.25) is 0 Å². The number of hydrogen-bond acceptors (Lipinski definition) is 4. The van der Waals surface area contributed by atoms with Gasteiger partial charge in [0.05, 0.1) is 11.4 Å². The third-order valence-electron chi connectivity index (χ3n) is 15.8. The average Bonchev–Trinajstić information content (AvgIpc) is 4.07. The molecule has 3 aromatic heterocycles. The van der Waals surface area contributed by atoms with E-state index in [0.29, 0.717) is 0 Å². The summed E-state index contributed by atoms with van der Waals surface area (Å²) in [4.78, 5) is 4.91. The first-order valence-corrected chi connectivity index (χ1v) is 25.3. The van der Waals surface area contributed by atoms with Gasteiger partial charge in [-0.1, -0.05) is 157 Å². The van der Waals surface area contributed by atoms with Crippen LogP contribution < -0.4 is 20.7 Å². The molecule has 6 heteroatoms. The van der Waals surface area contributed by atoms with Crippen molar-refractivity contribution in [3.63, 3.8) is 0 Å². The summed E-state index contributed by atoms with van der Waals surface area (Å²) in [6, 6.07) is 71.9. The Balaban J connectivity index is 1.09. The van der Waals surface area contributed by atoms with E-state index in [9.17, 15) is 0 Å². The Morgan fingerprint density at radius 2 is 1.00 bits per heavy atom. The van der Waals surface area contributed by atoms with Crippen molar-refractivity contribution in [2.24, 2.45) is 0 Å². The smallest absolute Gasteiger partial charge is 0.333 e. The van der Waals surface area contributed by atoms with Crippen molar-refractivity contribution in [2.75, 3.05) is 9.80 Å². The van der Waals surface area contributed by atoms with Crippen LogP contribution in [0.2, 0.25) is 0 Å². The predicted molar refractivity (Wildman–Crippen MR) is 304 cm³/mol. The molecule has 0 saturated heterocycles. The SMILES string of the molecule is CC(C)(C)c1ccc(N(c2ccc(C(C)(C)C)cc2)c2ccc3c(c2)B2c4c(cc5c(oc6ccccc65)c4N3c3cccc4c3oc3ccccc34)-c3cccc4c5cc6ccccc6cc5n2c34)cc1. The highest BCUT2D eigenvalue weighted by atomic mass is 16.3. The second-order valence-corrected chi connectivity index (χ2v) is 22.1. The van der Waals surface area contributed by atoms with Crippen molar-refractivity contribution < 1.29 is 8.83 Å². The van der Waals surface area contributed by atoms with Gasteiger partial charge in [0.1, 0.15) is 11.2 Å². The lowest BCUT2D eigenvalue weighted by atomic mass is 9.45. The van der Waals surface area contributed by atoms with Crippen LogP contribution in [-0.4, -0.2) is 11.3 Å². The first-order valence-electron chi connectivity index (χ1n) is 25.3. The van der Waals surface area contributed by atoms with Crippen molar-refractivity contribution in [1.29, 1.82) is 0 Å². The molecule has 0 amide bonds. The number of hydrogen-bond donors (Lipinski definition) is 0. The molecule has 0 fully saturated rings. The number of para-hydroxylation sites is 4. The van der Waals surface area contributed by atoms with E-state index in [-0.39, 0.29) is 17.7 Å². The fourth-order valence-electron chi connectivity index (χ4n) is 12.3. The van der Waals surface area contributed by atoms with Crippen LogP contribution in [0.5, 0.6) is 0 Å². The highest BCUT2D eigenvalue weighted by Gasteiger charge is 2.45. The van der Waals surface area contributed by atoms with Gasteiger partial charge in [-0.25, -0.2) is 0 Å². The molecule has 0 saturated carbocycles. The summed E-state index contributed by atoms with van der Waals surface area (Å²) in [5, 5.41) is 9.32. The molecule has 5 nitrogen and oxygen atoms in total. The Bertz CT molecular complexity index is 4370. The van der Waals surface area contributed by atoms with Gasteiger partial charge in [0, 0.05) is 71.7 Å². The van der Waals surface area contributed by atoms with Gasteiger partial charge < -0.3 is 23.1 Å². The summed E-state index contributed by atoms with van der Waals surface area (Å²) in [6.07, 6.45) is 0. The molecule has 72 heavy (non-hydrogen) atoms. The topological polar surface area (TPSA) is 37.7 Å². The first kappa shape index (κ1) is 41.3. The van der Waals surface area contributed by atoms with E-state index in [1.807, 2.05) is 0 Å². The minimum Gasteiger partial charge on any atom is -0.454 e. The molecule has 0 atom stereocenters. The molecular formula is C66H50BN3O2. The van der Waals surface area contributed by atoms with Crippen LogP contribution >= 0.6 is 0 Å². The van der Waals surface area contributed by atoms with E-state index < -0.39 is 0 Å². The molecule has 2 aliphatic heterocycles. The van der Waals surface area contributed by atoms with Crippen molar-refractivity contribution >= 4 is 128 Å². The maximum absolute atomic E-state index is 7.20. The van der Waals surface area contributed by atoms with Gasteiger partial charge in [0.2, 0.25) is 0 Å². The van der Waals surface area contributed by atoms with Gasteiger partial charge in [-0.15, -0.1) is 0 Å². The van der Waals surface area contributed by atoms with Crippen molar-refractivity contribution in [3.05, 3.63) is 205 Å². The maximum atomic E-state index is 7.20. The Kier molecular flexibility index (Phi) is 8.35. The third kappa shape index (κ3) is 5.78. The van der Waals surface area contributed by atoms with Crippen LogP contribution in [0.4, 0.5) is 34.1 Å². The molecule has 0 radical (unpaired) electrons. The Morgan fingerprint density at radius 3 is 1.68 bits per heavy atom. The summed E-state index contributed by atoms with van der Waals surface area (Å²) in [7, 11) is 0. The molecule has 10 aromatic carbocycles. The van der Waals surface area contributed by atoms with Gasteiger partial charge in [0.15, 0.2) is 11.2 Å². The zero-order valence-corrected chi connectivity index (χ0v) is 41.2. The van der Waals surface area contributed by atoms with E-state index in [0.717, 1.165) is 78.0 Å². The monoisotopic (exact) mass is 927 g/mol. The Hall–Kier alpha value is -8.48. The molecule has 13 aromatic rings. The summed E-state index contributed by atoms with van der Waals surface area (Å²) in [5.41, 5.74) is 19.7. The lowest BCUT2D eigenvalue weighted by molar-refractivity contribution is 0.590. The summed E-state index contributed by atoms with van der Waals surface area (Å²) in [5.74, 6) is 0. The number of nitrogens with zero attached hydrogens (tertiary/aromatic N) is 3. The van der Waals surface area contributed by atoms with Crippen LogP contribution in [0.25, 0.3) is 87.6 Å². The highest BCUT2D eigenvalue weighted by Crippen LogP contribution is 2.52. The second kappa shape index (κ2) is 14.6. The average molecular weight is 928 g/mol.